The summed E-state index contributed by atoms with van der Waals surface area (Å²) in [4.78, 5) is 27.2. The smallest absolute Gasteiger partial charge is 0.244 e. The van der Waals surface area contributed by atoms with Crippen LogP contribution in [0.4, 0.5) is 14.5 Å². The van der Waals surface area contributed by atoms with Crippen molar-refractivity contribution >= 4 is 39.1 Å². The van der Waals surface area contributed by atoms with Gasteiger partial charge in [0.2, 0.25) is 21.8 Å². The molecule has 186 valence electrons. The second kappa shape index (κ2) is 11.6. The zero-order valence-electron chi connectivity index (χ0n) is 19.4. The minimum Gasteiger partial charge on any atom is -0.352 e. The Morgan fingerprint density at radius 2 is 1.74 bits per heavy atom. The lowest BCUT2D eigenvalue weighted by Gasteiger charge is -2.32. The summed E-state index contributed by atoms with van der Waals surface area (Å²) in [5, 5.41) is 2.46. The number of hydrogen-bond donors (Lipinski definition) is 1. The second-order valence-corrected chi connectivity index (χ2v) is 10.3. The second-order valence-electron chi connectivity index (χ2n) is 7.97. The van der Waals surface area contributed by atoms with Crippen LogP contribution < -0.4 is 9.62 Å². The normalized spacial score (nSPS) is 13.1. The van der Waals surface area contributed by atoms with Crippen molar-refractivity contribution in [1.82, 2.24) is 10.2 Å². The van der Waals surface area contributed by atoms with Gasteiger partial charge in [-0.15, -0.1) is 0 Å². The molecule has 2 aromatic carbocycles. The number of rotatable bonds is 10. The number of nitrogens with zero attached hydrogens (tertiary/aromatic N) is 2. The zero-order chi connectivity index (χ0) is 25.6. The van der Waals surface area contributed by atoms with E-state index in [1.807, 2.05) is 6.92 Å². The Morgan fingerprint density at radius 3 is 2.29 bits per heavy atom. The first-order chi connectivity index (χ1) is 15.8. The molecule has 0 spiro atoms. The summed E-state index contributed by atoms with van der Waals surface area (Å²) >= 11 is 5.80. The molecule has 7 nitrogen and oxygen atoms in total. The molecule has 0 aliphatic heterocycles. The van der Waals surface area contributed by atoms with Crippen LogP contribution in [-0.2, 0) is 26.2 Å². The molecule has 11 heteroatoms. The van der Waals surface area contributed by atoms with Gasteiger partial charge in [-0.3, -0.25) is 13.9 Å². The molecule has 0 aliphatic carbocycles. The fraction of sp³-hybridized carbons (Fsp3) is 0.391. The van der Waals surface area contributed by atoms with E-state index in [0.29, 0.717) is 6.42 Å². The SMILES string of the molecule is CCC(C)NC(=O)C(C)N(Cc1ccccc1F)C(=O)CN(c1ccc(F)c(Cl)c1)S(C)(=O)=O. The predicted octanol–water partition coefficient (Wildman–Crippen LogP) is 3.72. The van der Waals surface area contributed by atoms with Gasteiger partial charge in [-0.2, -0.15) is 0 Å². The summed E-state index contributed by atoms with van der Waals surface area (Å²) in [6.45, 7) is 4.21. The van der Waals surface area contributed by atoms with Gasteiger partial charge in [-0.05, 0) is 44.5 Å². The lowest BCUT2D eigenvalue weighted by Crippen LogP contribution is -2.52. The van der Waals surface area contributed by atoms with Crippen molar-refractivity contribution in [3.63, 3.8) is 0 Å². The van der Waals surface area contributed by atoms with Gasteiger partial charge in [-0.25, -0.2) is 17.2 Å². The number of nitrogens with one attached hydrogen (secondary N) is 1. The van der Waals surface area contributed by atoms with Crippen LogP contribution in [-0.4, -0.2) is 50.0 Å². The molecule has 2 rings (SSSR count). The molecule has 1 N–H and O–H groups in total. The summed E-state index contributed by atoms with van der Waals surface area (Å²) in [6, 6.07) is 7.85. The van der Waals surface area contributed by atoms with Crippen molar-refractivity contribution in [2.45, 2.75) is 45.8 Å². The largest absolute Gasteiger partial charge is 0.352 e. The van der Waals surface area contributed by atoms with Crippen LogP contribution in [0.2, 0.25) is 5.02 Å². The molecule has 34 heavy (non-hydrogen) atoms. The minimum absolute atomic E-state index is 0.0233. The standard InChI is InChI=1S/C23H28ClF2N3O4S/c1-5-15(2)27-23(31)16(3)28(13-17-8-6-7-9-20(17)25)22(30)14-29(34(4,32)33)18-10-11-21(26)19(24)12-18/h6-12,15-16H,5,13-14H2,1-4H3,(H,27,31). The number of benzene rings is 2. The highest BCUT2D eigenvalue weighted by molar-refractivity contribution is 7.92. The lowest BCUT2D eigenvalue weighted by molar-refractivity contribution is -0.139. The average Bonchev–Trinajstić information content (AvgIpc) is 2.77. The van der Waals surface area contributed by atoms with E-state index in [0.717, 1.165) is 27.6 Å². The molecular weight excluding hydrogens is 488 g/mol. The molecule has 2 unspecified atom stereocenters. The van der Waals surface area contributed by atoms with Crippen LogP contribution in [0, 0.1) is 11.6 Å². The van der Waals surface area contributed by atoms with E-state index < -0.39 is 46.1 Å². The summed E-state index contributed by atoms with van der Waals surface area (Å²) < 4.78 is 53.6. The van der Waals surface area contributed by atoms with E-state index in [9.17, 15) is 26.8 Å². The molecule has 2 amide bonds. The number of amides is 2. The molecule has 2 aromatic rings. The fourth-order valence-corrected chi connectivity index (χ4v) is 4.13. The first kappa shape index (κ1) is 27.5. The van der Waals surface area contributed by atoms with Gasteiger partial charge in [0.15, 0.2) is 0 Å². The van der Waals surface area contributed by atoms with Crippen molar-refractivity contribution in [2.75, 3.05) is 17.1 Å². The van der Waals surface area contributed by atoms with Gasteiger partial charge < -0.3 is 10.2 Å². The number of anilines is 1. The first-order valence-corrected chi connectivity index (χ1v) is 12.8. The van der Waals surface area contributed by atoms with Crippen LogP contribution in [0.3, 0.4) is 0 Å². The third-order valence-electron chi connectivity index (χ3n) is 5.34. The van der Waals surface area contributed by atoms with Crippen molar-refractivity contribution in [3.8, 4) is 0 Å². The number of halogens is 3. The van der Waals surface area contributed by atoms with Gasteiger partial charge in [0.25, 0.3) is 0 Å². The van der Waals surface area contributed by atoms with Crippen molar-refractivity contribution in [3.05, 3.63) is 64.7 Å². The molecular formula is C23H28ClF2N3O4S. The number of carbonyl (C=O) groups excluding carboxylic acids is 2. The summed E-state index contributed by atoms with van der Waals surface area (Å²) in [7, 11) is -4.00. The quantitative estimate of drug-likeness (QED) is 0.522. The van der Waals surface area contributed by atoms with E-state index in [1.165, 1.54) is 31.2 Å². The highest BCUT2D eigenvalue weighted by atomic mass is 35.5. The molecule has 0 heterocycles. The molecule has 0 aliphatic rings. The Balaban J connectivity index is 2.42. The third kappa shape index (κ3) is 7.14. The minimum atomic E-state index is -4.00. The molecule has 2 atom stereocenters. The van der Waals surface area contributed by atoms with Gasteiger partial charge in [-0.1, -0.05) is 36.7 Å². The van der Waals surface area contributed by atoms with E-state index in [1.54, 1.807) is 13.0 Å². The maximum atomic E-state index is 14.3. The Morgan fingerprint density at radius 1 is 1.09 bits per heavy atom. The molecule has 0 saturated carbocycles. The van der Waals surface area contributed by atoms with Crippen molar-refractivity contribution in [1.29, 1.82) is 0 Å². The molecule has 0 saturated heterocycles. The third-order valence-corrected chi connectivity index (χ3v) is 6.77. The van der Waals surface area contributed by atoms with Gasteiger partial charge >= 0.3 is 0 Å². The van der Waals surface area contributed by atoms with Crippen LogP contribution >= 0.6 is 11.6 Å². The molecule has 0 aromatic heterocycles. The predicted molar refractivity (Wildman–Crippen MR) is 128 cm³/mol. The molecule has 0 bridgehead atoms. The Kier molecular flexibility index (Phi) is 9.40. The highest BCUT2D eigenvalue weighted by Crippen LogP contribution is 2.25. The van der Waals surface area contributed by atoms with Gasteiger partial charge in [0.05, 0.1) is 17.0 Å². The van der Waals surface area contributed by atoms with Crippen LogP contribution in [0.5, 0.6) is 0 Å². The fourth-order valence-electron chi connectivity index (χ4n) is 3.11. The average molecular weight is 516 g/mol. The summed E-state index contributed by atoms with van der Waals surface area (Å²) in [6.07, 6.45) is 1.55. The number of hydrogen-bond acceptors (Lipinski definition) is 4. The van der Waals surface area contributed by atoms with E-state index in [-0.39, 0.29) is 28.9 Å². The Labute approximate surface area is 203 Å². The maximum Gasteiger partial charge on any atom is 0.244 e. The number of sulfonamides is 1. The Bertz CT molecular complexity index is 1150. The molecule has 0 fully saturated rings. The summed E-state index contributed by atoms with van der Waals surface area (Å²) in [5.74, 6) is -2.53. The molecule has 0 radical (unpaired) electrons. The van der Waals surface area contributed by atoms with E-state index >= 15 is 0 Å². The van der Waals surface area contributed by atoms with Crippen molar-refractivity contribution < 1.29 is 26.8 Å². The highest BCUT2D eigenvalue weighted by Gasteiger charge is 2.31. The first-order valence-electron chi connectivity index (χ1n) is 10.6. The summed E-state index contributed by atoms with van der Waals surface area (Å²) in [5.41, 5.74) is 0.138. The van der Waals surface area contributed by atoms with E-state index in [4.69, 9.17) is 11.6 Å². The lowest BCUT2D eigenvalue weighted by atomic mass is 10.1. The number of carbonyl (C=O) groups is 2. The van der Waals surface area contributed by atoms with Crippen molar-refractivity contribution in [2.24, 2.45) is 0 Å². The maximum absolute atomic E-state index is 14.3. The van der Waals surface area contributed by atoms with Crippen LogP contribution in [0.1, 0.15) is 32.8 Å². The van der Waals surface area contributed by atoms with Gasteiger partial charge in [0, 0.05) is 18.2 Å². The van der Waals surface area contributed by atoms with Gasteiger partial charge in [0.1, 0.15) is 24.2 Å². The zero-order valence-corrected chi connectivity index (χ0v) is 21.0. The topological polar surface area (TPSA) is 86.8 Å². The van der Waals surface area contributed by atoms with Crippen LogP contribution in [0.15, 0.2) is 42.5 Å². The Hall–Kier alpha value is -2.72. The van der Waals surface area contributed by atoms with E-state index in [2.05, 4.69) is 5.32 Å². The monoisotopic (exact) mass is 515 g/mol. The van der Waals surface area contributed by atoms with Crippen LogP contribution in [0.25, 0.3) is 0 Å².